The maximum atomic E-state index is 13.7. The summed E-state index contributed by atoms with van der Waals surface area (Å²) in [5.74, 6) is 0.0534. The van der Waals surface area contributed by atoms with Gasteiger partial charge in [-0.3, -0.25) is 0 Å². The summed E-state index contributed by atoms with van der Waals surface area (Å²) in [4.78, 5) is 0. The van der Waals surface area contributed by atoms with Crippen LogP contribution >= 0.6 is 0 Å². The van der Waals surface area contributed by atoms with Gasteiger partial charge < -0.3 is 4.74 Å². The number of benzene rings is 1. The first-order valence-electron chi connectivity index (χ1n) is 8.93. The maximum Gasteiger partial charge on any atom is 0.144 e. The zero-order valence-electron chi connectivity index (χ0n) is 14.0. The fourth-order valence-corrected chi connectivity index (χ4v) is 4.40. The predicted octanol–water partition coefficient (Wildman–Crippen LogP) is 5.61. The normalized spacial score (nSPS) is 29.3. The van der Waals surface area contributed by atoms with Crippen LogP contribution in [0.15, 0.2) is 18.2 Å². The Kier molecular flexibility index (Phi) is 4.62. The Bertz CT molecular complexity index is 580. The van der Waals surface area contributed by atoms with Crippen LogP contribution < -0.4 is 4.74 Å². The molecule has 0 aromatic heterocycles. The van der Waals surface area contributed by atoms with E-state index in [1.807, 2.05) is 6.07 Å². The van der Waals surface area contributed by atoms with E-state index in [-0.39, 0.29) is 5.56 Å². The van der Waals surface area contributed by atoms with Crippen LogP contribution in [0.3, 0.4) is 0 Å². The van der Waals surface area contributed by atoms with Gasteiger partial charge in [0.05, 0.1) is 12.2 Å². The molecule has 0 atom stereocenters. The van der Waals surface area contributed by atoms with Crippen molar-refractivity contribution in [2.24, 2.45) is 10.8 Å². The number of hydrogen-bond donors (Lipinski definition) is 0. The van der Waals surface area contributed by atoms with E-state index in [1.165, 1.54) is 69.9 Å². The third-order valence-electron chi connectivity index (χ3n) is 6.22. The van der Waals surface area contributed by atoms with Gasteiger partial charge in [0, 0.05) is 11.5 Å². The van der Waals surface area contributed by atoms with E-state index in [0.29, 0.717) is 23.2 Å². The van der Waals surface area contributed by atoms with Crippen LogP contribution in [-0.4, -0.2) is 6.61 Å². The Morgan fingerprint density at radius 3 is 2.35 bits per heavy atom. The van der Waals surface area contributed by atoms with Crippen molar-refractivity contribution in [2.45, 2.75) is 64.7 Å². The molecule has 3 aliphatic rings. The lowest BCUT2D eigenvalue weighted by atomic mass is 9.53. The first kappa shape index (κ1) is 16.3. The lowest BCUT2D eigenvalue weighted by Crippen LogP contribution is -2.44. The molecule has 2 bridgehead atoms. The average molecular weight is 315 g/mol. The van der Waals surface area contributed by atoms with Crippen LogP contribution in [0.4, 0.5) is 4.39 Å². The molecule has 3 fully saturated rings. The van der Waals surface area contributed by atoms with Gasteiger partial charge in [0.25, 0.3) is 0 Å². The molecule has 0 saturated heterocycles. The Morgan fingerprint density at radius 1 is 1.13 bits per heavy atom. The second-order valence-corrected chi connectivity index (χ2v) is 7.65. The van der Waals surface area contributed by atoms with Gasteiger partial charge in [0.15, 0.2) is 0 Å². The average Bonchev–Trinajstić information content (AvgIpc) is 2.60. The fraction of sp³-hybridized carbons (Fsp3) is 0.650. The number of nitrogens with zero attached hydrogens (tertiary/aromatic N) is 1. The van der Waals surface area contributed by atoms with Crippen LogP contribution in [0.25, 0.3) is 0 Å². The summed E-state index contributed by atoms with van der Waals surface area (Å²) < 4.78 is 19.6. The first-order valence-corrected chi connectivity index (χ1v) is 8.93. The zero-order valence-corrected chi connectivity index (χ0v) is 14.0. The highest BCUT2D eigenvalue weighted by Crippen LogP contribution is 2.58. The van der Waals surface area contributed by atoms with E-state index in [9.17, 15) is 4.39 Å². The van der Waals surface area contributed by atoms with Crippen LogP contribution in [0.5, 0.6) is 5.75 Å². The molecule has 0 amide bonds. The van der Waals surface area contributed by atoms with Crippen molar-refractivity contribution in [1.29, 1.82) is 5.26 Å². The van der Waals surface area contributed by atoms with Crippen molar-refractivity contribution in [3.63, 3.8) is 0 Å². The number of rotatable bonds is 6. The van der Waals surface area contributed by atoms with Gasteiger partial charge in [0.2, 0.25) is 0 Å². The van der Waals surface area contributed by atoms with Crippen molar-refractivity contribution in [3.05, 3.63) is 29.6 Å². The van der Waals surface area contributed by atoms with E-state index in [2.05, 4.69) is 6.92 Å². The summed E-state index contributed by atoms with van der Waals surface area (Å²) in [5.41, 5.74) is 0.975. The summed E-state index contributed by atoms with van der Waals surface area (Å²) in [6.45, 7) is 2.96. The first-order chi connectivity index (χ1) is 11.1. The highest BCUT2D eigenvalue weighted by atomic mass is 19.1. The number of halogens is 1. The molecular formula is C20H26FNO. The molecule has 3 heteroatoms. The minimum absolute atomic E-state index is 0.0755. The van der Waals surface area contributed by atoms with Crippen molar-refractivity contribution in [2.75, 3.05) is 6.61 Å². The zero-order chi connectivity index (χ0) is 16.3. The van der Waals surface area contributed by atoms with E-state index < -0.39 is 5.82 Å². The molecule has 1 aromatic carbocycles. The Labute approximate surface area is 138 Å². The molecule has 3 aliphatic carbocycles. The second kappa shape index (κ2) is 6.51. The van der Waals surface area contributed by atoms with E-state index >= 15 is 0 Å². The summed E-state index contributed by atoms with van der Waals surface area (Å²) in [7, 11) is 0. The van der Waals surface area contributed by atoms with E-state index in [1.54, 1.807) is 6.07 Å². The molecule has 124 valence electrons. The van der Waals surface area contributed by atoms with Crippen molar-refractivity contribution < 1.29 is 9.13 Å². The number of nitriles is 1. The number of hydrogen-bond acceptors (Lipinski definition) is 2. The number of unbranched alkanes of at least 4 members (excludes halogenated alkanes) is 1. The van der Waals surface area contributed by atoms with Crippen LogP contribution in [0.1, 0.15) is 70.3 Å². The van der Waals surface area contributed by atoms with Crippen LogP contribution in [0.2, 0.25) is 0 Å². The van der Waals surface area contributed by atoms with Gasteiger partial charge in [-0.25, -0.2) is 4.39 Å². The van der Waals surface area contributed by atoms with Gasteiger partial charge >= 0.3 is 0 Å². The highest BCUT2D eigenvalue weighted by molar-refractivity contribution is 5.36. The summed E-state index contributed by atoms with van der Waals surface area (Å²) in [6, 6.07) is 6.39. The topological polar surface area (TPSA) is 33.0 Å². The molecular weight excluding hydrogens is 289 g/mol. The highest BCUT2D eigenvalue weighted by Gasteiger charge is 2.48. The van der Waals surface area contributed by atoms with Crippen LogP contribution in [0, 0.1) is 28.0 Å². The lowest BCUT2D eigenvalue weighted by Gasteiger charge is -2.53. The molecule has 0 unspecified atom stereocenters. The minimum atomic E-state index is -0.492. The molecule has 23 heavy (non-hydrogen) atoms. The van der Waals surface area contributed by atoms with Crippen molar-refractivity contribution in [3.8, 4) is 11.8 Å². The largest absolute Gasteiger partial charge is 0.493 e. The fourth-order valence-electron chi connectivity index (χ4n) is 4.40. The smallest absolute Gasteiger partial charge is 0.144 e. The third kappa shape index (κ3) is 3.37. The molecule has 0 spiro atoms. The third-order valence-corrected chi connectivity index (χ3v) is 6.22. The van der Waals surface area contributed by atoms with Crippen LogP contribution in [-0.2, 0) is 0 Å². The van der Waals surface area contributed by atoms with Gasteiger partial charge in [-0.1, -0.05) is 19.8 Å². The molecule has 4 rings (SSSR count). The molecule has 0 heterocycles. The van der Waals surface area contributed by atoms with Gasteiger partial charge in [-0.15, -0.1) is 0 Å². The van der Waals surface area contributed by atoms with Gasteiger partial charge in [-0.2, -0.15) is 5.26 Å². The minimum Gasteiger partial charge on any atom is -0.493 e. The SMILES string of the molecule is CCCCC12CCC(COc3ccc(C#N)c(F)c3)(CC1)CC2. The summed E-state index contributed by atoms with van der Waals surface area (Å²) in [5, 5.41) is 8.78. The summed E-state index contributed by atoms with van der Waals surface area (Å²) >= 11 is 0. The van der Waals surface area contributed by atoms with Crippen molar-refractivity contribution >= 4 is 0 Å². The van der Waals surface area contributed by atoms with E-state index in [4.69, 9.17) is 10.00 Å². The van der Waals surface area contributed by atoms with Crippen molar-refractivity contribution in [1.82, 2.24) is 0 Å². The quantitative estimate of drug-likeness (QED) is 0.684. The number of ether oxygens (including phenoxy) is 1. The Hall–Kier alpha value is -1.56. The monoisotopic (exact) mass is 315 g/mol. The molecule has 0 aliphatic heterocycles. The Morgan fingerprint density at radius 2 is 1.78 bits per heavy atom. The molecule has 3 saturated carbocycles. The maximum absolute atomic E-state index is 13.7. The standard InChI is InChI=1S/C20H26FNO/c1-2-3-6-19-7-10-20(11-8-19,12-9-19)15-23-17-5-4-16(14-22)18(21)13-17/h4-5,13H,2-3,6-12,15H2,1H3. The van der Waals surface area contributed by atoms with Gasteiger partial charge in [-0.05, 0) is 62.5 Å². The lowest BCUT2D eigenvalue weighted by molar-refractivity contribution is -0.0408. The Balaban J connectivity index is 1.58. The molecule has 1 aromatic rings. The molecule has 0 N–H and O–H groups in total. The van der Waals surface area contributed by atoms with E-state index in [0.717, 1.165) is 0 Å². The summed E-state index contributed by atoms with van der Waals surface area (Å²) in [6.07, 6.45) is 11.8. The number of fused-ring (bicyclic) bond motifs is 3. The second-order valence-electron chi connectivity index (χ2n) is 7.65. The molecule has 0 radical (unpaired) electrons. The molecule has 2 nitrogen and oxygen atoms in total. The van der Waals surface area contributed by atoms with Gasteiger partial charge in [0.1, 0.15) is 17.6 Å². The predicted molar refractivity (Wildman–Crippen MR) is 88.7 cm³/mol.